The molecule has 4 nitrogen and oxygen atoms in total. The zero-order valence-corrected chi connectivity index (χ0v) is 12.3. The highest BCUT2D eigenvalue weighted by molar-refractivity contribution is 5.72. The molecule has 0 spiro atoms. The molecule has 0 bridgehead atoms. The maximum atomic E-state index is 11.1. The molecule has 0 amide bonds. The van der Waals surface area contributed by atoms with Gasteiger partial charge in [0.15, 0.2) is 0 Å². The molecule has 0 aromatic heterocycles. The number of ether oxygens (including phenoxy) is 2. The van der Waals surface area contributed by atoms with Gasteiger partial charge in [0.1, 0.15) is 0 Å². The number of aryl methyl sites for hydroxylation is 1. The Labute approximate surface area is 120 Å². The molecule has 0 radical (unpaired) electrons. The van der Waals surface area contributed by atoms with Gasteiger partial charge in [0.05, 0.1) is 20.6 Å². The monoisotopic (exact) mass is 278 g/mol. The second-order valence-electron chi connectivity index (χ2n) is 4.99. The van der Waals surface area contributed by atoms with Crippen molar-refractivity contribution in [2.24, 2.45) is 5.92 Å². The topological polar surface area (TPSA) is 52.6 Å². The Bertz CT molecular complexity index is 436. The van der Waals surface area contributed by atoms with E-state index >= 15 is 0 Å². The molecule has 1 atom stereocenters. The van der Waals surface area contributed by atoms with Crippen molar-refractivity contribution in [3.63, 3.8) is 0 Å². The van der Waals surface area contributed by atoms with E-state index in [4.69, 9.17) is 0 Å². The second-order valence-corrected chi connectivity index (χ2v) is 4.99. The summed E-state index contributed by atoms with van der Waals surface area (Å²) in [7, 11) is 2.80. The van der Waals surface area contributed by atoms with Gasteiger partial charge in [0, 0.05) is 6.42 Å². The summed E-state index contributed by atoms with van der Waals surface area (Å²) in [6, 6.07) is 7.92. The quantitative estimate of drug-likeness (QED) is 0.719. The van der Waals surface area contributed by atoms with Crippen LogP contribution in [0.4, 0.5) is 0 Å². The van der Waals surface area contributed by atoms with Crippen LogP contribution < -0.4 is 0 Å². The lowest BCUT2D eigenvalue weighted by atomic mass is 9.97. The molecule has 0 saturated heterocycles. The third kappa shape index (κ3) is 5.87. The van der Waals surface area contributed by atoms with Gasteiger partial charge in [-0.05, 0) is 29.9 Å². The van der Waals surface area contributed by atoms with Crippen molar-refractivity contribution in [3.8, 4) is 0 Å². The summed E-state index contributed by atoms with van der Waals surface area (Å²) in [6.45, 7) is 2.04. The number of hydrogen-bond acceptors (Lipinski definition) is 4. The van der Waals surface area contributed by atoms with Crippen LogP contribution in [0.3, 0.4) is 0 Å². The molecule has 0 aliphatic carbocycles. The molecular formula is C16H22O4. The smallest absolute Gasteiger partial charge is 0.309 e. The van der Waals surface area contributed by atoms with Crippen LogP contribution in [0.15, 0.2) is 24.3 Å². The van der Waals surface area contributed by atoms with Gasteiger partial charge in [0.25, 0.3) is 0 Å². The van der Waals surface area contributed by atoms with E-state index < -0.39 is 0 Å². The van der Waals surface area contributed by atoms with Crippen molar-refractivity contribution in [1.29, 1.82) is 0 Å². The van der Waals surface area contributed by atoms with E-state index in [9.17, 15) is 9.59 Å². The van der Waals surface area contributed by atoms with Gasteiger partial charge in [-0.2, -0.15) is 0 Å². The van der Waals surface area contributed by atoms with E-state index in [0.717, 1.165) is 18.4 Å². The summed E-state index contributed by atoms with van der Waals surface area (Å²) in [6.07, 6.45) is 2.61. The molecule has 0 aliphatic rings. The van der Waals surface area contributed by atoms with E-state index in [1.807, 2.05) is 31.2 Å². The highest BCUT2D eigenvalue weighted by Crippen LogP contribution is 2.14. The first-order valence-corrected chi connectivity index (χ1v) is 6.76. The van der Waals surface area contributed by atoms with Crippen molar-refractivity contribution in [3.05, 3.63) is 35.4 Å². The number of hydrogen-bond donors (Lipinski definition) is 0. The van der Waals surface area contributed by atoms with Crippen LogP contribution in [0.25, 0.3) is 0 Å². The summed E-state index contributed by atoms with van der Waals surface area (Å²) in [5, 5.41) is 0. The van der Waals surface area contributed by atoms with Crippen LogP contribution in [-0.4, -0.2) is 26.2 Å². The third-order valence-corrected chi connectivity index (χ3v) is 3.27. The number of esters is 2. The molecule has 110 valence electrons. The largest absolute Gasteiger partial charge is 0.469 e. The Morgan fingerprint density at radius 3 is 2.10 bits per heavy atom. The van der Waals surface area contributed by atoms with Gasteiger partial charge in [-0.3, -0.25) is 9.59 Å². The van der Waals surface area contributed by atoms with E-state index in [1.54, 1.807) is 0 Å². The van der Waals surface area contributed by atoms with Gasteiger partial charge in [0.2, 0.25) is 0 Å². The summed E-state index contributed by atoms with van der Waals surface area (Å²) in [5.74, 6) is -0.0902. The molecule has 0 heterocycles. The van der Waals surface area contributed by atoms with Gasteiger partial charge >= 0.3 is 11.9 Å². The fourth-order valence-electron chi connectivity index (χ4n) is 1.95. The maximum absolute atomic E-state index is 11.1. The van der Waals surface area contributed by atoms with Crippen LogP contribution in [0.2, 0.25) is 0 Å². The number of benzene rings is 1. The summed E-state index contributed by atoms with van der Waals surface area (Å²) in [4.78, 5) is 22.3. The lowest BCUT2D eigenvalue weighted by Crippen LogP contribution is -2.08. The molecular weight excluding hydrogens is 256 g/mol. The highest BCUT2D eigenvalue weighted by Gasteiger charge is 2.09. The predicted octanol–water partition coefficient (Wildman–Crippen LogP) is 2.53. The van der Waals surface area contributed by atoms with Crippen LogP contribution in [0, 0.1) is 5.92 Å². The normalized spacial score (nSPS) is 11.8. The lowest BCUT2D eigenvalue weighted by molar-refractivity contribution is -0.142. The Balaban J connectivity index is 2.41. The average Bonchev–Trinajstić information content (AvgIpc) is 2.46. The van der Waals surface area contributed by atoms with Crippen LogP contribution in [0.1, 0.15) is 30.9 Å². The minimum Gasteiger partial charge on any atom is -0.469 e. The SMILES string of the molecule is COC(=O)Cc1ccc(CCC(C)CC(=O)OC)cc1. The zero-order chi connectivity index (χ0) is 15.0. The first-order valence-electron chi connectivity index (χ1n) is 6.76. The molecule has 1 unspecified atom stereocenters. The van der Waals surface area contributed by atoms with Gasteiger partial charge in [-0.15, -0.1) is 0 Å². The number of methoxy groups -OCH3 is 2. The van der Waals surface area contributed by atoms with E-state index in [0.29, 0.717) is 18.8 Å². The van der Waals surface area contributed by atoms with Crippen molar-refractivity contribution >= 4 is 11.9 Å². The van der Waals surface area contributed by atoms with E-state index in [1.165, 1.54) is 19.8 Å². The van der Waals surface area contributed by atoms with E-state index in [2.05, 4.69) is 9.47 Å². The van der Waals surface area contributed by atoms with E-state index in [-0.39, 0.29) is 11.9 Å². The Morgan fingerprint density at radius 1 is 1.00 bits per heavy atom. The summed E-state index contributed by atoms with van der Waals surface area (Å²) < 4.78 is 9.28. The van der Waals surface area contributed by atoms with Crippen LogP contribution in [-0.2, 0) is 31.9 Å². The molecule has 0 aliphatic heterocycles. The standard InChI is InChI=1S/C16H22O4/c1-12(10-15(17)19-2)4-5-13-6-8-14(9-7-13)11-16(18)20-3/h6-9,12H,4-5,10-11H2,1-3H3. The Hall–Kier alpha value is -1.84. The number of rotatable bonds is 7. The first kappa shape index (κ1) is 16.2. The summed E-state index contributed by atoms with van der Waals surface area (Å²) >= 11 is 0. The minimum absolute atomic E-state index is 0.161. The highest BCUT2D eigenvalue weighted by atomic mass is 16.5. The van der Waals surface area contributed by atoms with Crippen molar-refractivity contribution < 1.29 is 19.1 Å². The van der Waals surface area contributed by atoms with Gasteiger partial charge in [-0.1, -0.05) is 31.2 Å². The molecule has 1 aromatic rings. The molecule has 0 fully saturated rings. The Morgan fingerprint density at radius 2 is 1.55 bits per heavy atom. The van der Waals surface area contributed by atoms with Gasteiger partial charge in [-0.25, -0.2) is 0 Å². The van der Waals surface area contributed by atoms with Crippen LogP contribution >= 0.6 is 0 Å². The minimum atomic E-state index is -0.232. The number of carbonyl (C=O) groups excluding carboxylic acids is 2. The predicted molar refractivity (Wildman–Crippen MR) is 76.3 cm³/mol. The fourth-order valence-corrected chi connectivity index (χ4v) is 1.95. The van der Waals surface area contributed by atoms with Gasteiger partial charge < -0.3 is 9.47 Å². The van der Waals surface area contributed by atoms with Crippen molar-refractivity contribution in [2.45, 2.75) is 32.6 Å². The molecule has 20 heavy (non-hydrogen) atoms. The van der Waals surface area contributed by atoms with Crippen molar-refractivity contribution in [2.75, 3.05) is 14.2 Å². The maximum Gasteiger partial charge on any atom is 0.309 e. The summed E-state index contributed by atoms with van der Waals surface area (Å²) in [5.41, 5.74) is 2.15. The molecule has 0 saturated carbocycles. The van der Waals surface area contributed by atoms with Crippen LogP contribution in [0.5, 0.6) is 0 Å². The molecule has 1 rings (SSSR count). The van der Waals surface area contributed by atoms with Crippen molar-refractivity contribution in [1.82, 2.24) is 0 Å². The third-order valence-electron chi connectivity index (χ3n) is 3.27. The molecule has 1 aromatic carbocycles. The number of carbonyl (C=O) groups is 2. The zero-order valence-electron chi connectivity index (χ0n) is 12.3. The molecule has 0 N–H and O–H groups in total. The lowest BCUT2D eigenvalue weighted by Gasteiger charge is -2.10. The average molecular weight is 278 g/mol. The Kier molecular flexibility index (Phi) is 6.77. The molecule has 4 heteroatoms. The second kappa shape index (κ2) is 8.35. The first-order chi connectivity index (χ1) is 9.55. The fraction of sp³-hybridized carbons (Fsp3) is 0.500.